The molecule has 0 aromatic rings. The Balaban J connectivity index is 2.28. The normalized spacial score (nSPS) is 20.8. The predicted octanol–water partition coefficient (Wildman–Crippen LogP) is 2.03. The summed E-state index contributed by atoms with van der Waals surface area (Å²) >= 11 is 0. The maximum absolute atomic E-state index is 14.2. The zero-order chi connectivity index (χ0) is 33.7. The van der Waals surface area contributed by atoms with Crippen LogP contribution in [-0.2, 0) is 23.9 Å². The summed E-state index contributed by atoms with van der Waals surface area (Å²) in [7, 11) is 3.12. The molecule has 2 rings (SSSR count). The average molecular weight is 623 g/mol. The number of nitrogens with one attached hydrogen (secondary N) is 3. The van der Waals surface area contributed by atoms with Gasteiger partial charge in [-0.05, 0) is 41.4 Å². The monoisotopic (exact) mass is 622 g/mol. The summed E-state index contributed by atoms with van der Waals surface area (Å²) in [5, 5.41) is 8.40. The van der Waals surface area contributed by atoms with Crippen molar-refractivity contribution in [3.8, 4) is 0 Å². The van der Waals surface area contributed by atoms with Crippen molar-refractivity contribution in [2.45, 2.75) is 105 Å². The highest BCUT2D eigenvalue weighted by molar-refractivity contribution is 6.37. The summed E-state index contributed by atoms with van der Waals surface area (Å²) in [4.78, 5) is 80.2. The van der Waals surface area contributed by atoms with Crippen molar-refractivity contribution in [1.29, 1.82) is 0 Å². The summed E-state index contributed by atoms with van der Waals surface area (Å²) < 4.78 is 5.33. The van der Waals surface area contributed by atoms with Crippen molar-refractivity contribution in [2.75, 3.05) is 27.2 Å². The van der Waals surface area contributed by atoms with Gasteiger partial charge in [0, 0.05) is 20.6 Å². The first-order chi connectivity index (χ1) is 20.1. The smallest absolute Gasteiger partial charge is 0.409 e. The third kappa shape index (κ3) is 10.4. The number of hydrogen-bond acceptors (Lipinski definition) is 7. The van der Waals surface area contributed by atoms with Crippen LogP contribution >= 0.6 is 0 Å². The van der Waals surface area contributed by atoms with Crippen molar-refractivity contribution in [3.63, 3.8) is 0 Å². The van der Waals surface area contributed by atoms with Crippen LogP contribution in [0.1, 0.15) is 81.1 Å². The van der Waals surface area contributed by atoms with E-state index in [1.807, 2.05) is 55.4 Å². The third-order valence-corrected chi connectivity index (χ3v) is 8.48. The van der Waals surface area contributed by atoms with Gasteiger partial charge in [0.05, 0.1) is 12.1 Å². The van der Waals surface area contributed by atoms with E-state index in [0.717, 1.165) is 12.8 Å². The van der Waals surface area contributed by atoms with Gasteiger partial charge in [0.25, 0.3) is 5.91 Å². The number of carbonyl (C=O) groups is 6. The van der Waals surface area contributed by atoms with Crippen LogP contribution in [0.2, 0.25) is 0 Å². The Morgan fingerprint density at radius 3 is 1.98 bits per heavy atom. The molecule has 0 aromatic heterocycles. The van der Waals surface area contributed by atoms with Crippen LogP contribution in [0.15, 0.2) is 0 Å². The van der Waals surface area contributed by atoms with Crippen LogP contribution in [-0.4, -0.2) is 96.8 Å². The highest BCUT2D eigenvalue weighted by atomic mass is 16.6. The second-order valence-corrected chi connectivity index (χ2v) is 15.0. The minimum absolute atomic E-state index is 0.00882. The van der Waals surface area contributed by atoms with Crippen molar-refractivity contribution in [3.05, 3.63) is 0 Å². The van der Waals surface area contributed by atoms with E-state index >= 15 is 0 Å². The maximum atomic E-state index is 14.2. The Bertz CT molecular complexity index is 1090. The van der Waals surface area contributed by atoms with Gasteiger partial charge in [0.15, 0.2) is 0 Å². The van der Waals surface area contributed by atoms with E-state index in [1.165, 1.54) is 9.80 Å². The molecule has 2 fully saturated rings. The van der Waals surface area contributed by atoms with E-state index in [1.54, 1.807) is 14.1 Å². The molecule has 44 heavy (non-hydrogen) atoms. The Kier molecular flexibility index (Phi) is 12.2. The lowest BCUT2D eigenvalue weighted by molar-refractivity contribution is -0.143. The molecule has 6 amide bonds. The fourth-order valence-corrected chi connectivity index (χ4v) is 5.14. The molecule has 0 spiro atoms. The molecule has 1 saturated heterocycles. The minimum Gasteiger partial charge on any atom is -0.447 e. The number of urea groups is 1. The van der Waals surface area contributed by atoms with Gasteiger partial charge in [-0.1, -0.05) is 68.2 Å². The molecule has 2 unspecified atom stereocenters. The third-order valence-electron chi connectivity index (χ3n) is 8.48. The van der Waals surface area contributed by atoms with Crippen LogP contribution in [0.3, 0.4) is 0 Å². The van der Waals surface area contributed by atoms with Crippen LogP contribution in [0.25, 0.3) is 0 Å². The Morgan fingerprint density at radius 1 is 0.932 bits per heavy atom. The van der Waals surface area contributed by atoms with Crippen LogP contribution in [0, 0.1) is 28.6 Å². The number of Topliss-reactive ketones (excluding diaryl/α,β-unsaturated/α-hetero) is 1. The largest absolute Gasteiger partial charge is 0.447 e. The number of likely N-dealkylation sites (tertiary alicyclic amines) is 1. The summed E-state index contributed by atoms with van der Waals surface area (Å²) in [5.41, 5.74) is 4.05. The number of hydrogen-bond donors (Lipinski definition) is 4. The zero-order valence-electron chi connectivity index (χ0n) is 28.1. The number of ketones is 1. The van der Waals surface area contributed by atoms with E-state index in [2.05, 4.69) is 16.0 Å². The molecule has 1 saturated carbocycles. The van der Waals surface area contributed by atoms with Crippen molar-refractivity contribution in [1.82, 2.24) is 25.8 Å². The number of nitrogens with zero attached hydrogens (tertiary/aromatic N) is 2. The lowest BCUT2D eigenvalue weighted by atomic mass is 9.85. The Morgan fingerprint density at radius 2 is 1.52 bits per heavy atom. The number of amides is 6. The molecular formula is C31H54N6O7. The van der Waals surface area contributed by atoms with Crippen molar-refractivity contribution in [2.24, 2.45) is 34.3 Å². The number of ether oxygens (including phenoxy) is 1. The summed E-state index contributed by atoms with van der Waals surface area (Å²) in [6.45, 7) is 15.4. The van der Waals surface area contributed by atoms with E-state index in [-0.39, 0.29) is 24.4 Å². The molecule has 13 heteroatoms. The molecule has 13 nitrogen and oxygen atoms in total. The first kappa shape index (κ1) is 36.8. The van der Waals surface area contributed by atoms with Crippen LogP contribution in [0.5, 0.6) is 0 Å². The standard InChI is InChI=1S/C31H54N6O7/c1-17(2)19-14-21(26(40)33-20(13-18-11-12-18)23(38)25(32)39)37(15-19)27(41)24(31(6,7)8)35-28(42)34-22(30(3,4)5)16-44-29(43)36(9)10/h17-22,24H,11-16H2,1-10H3,(H2,32,39)(H,33,40)(H2,34,35,42)/t19-,20?,21?,22-,24-/m1/s1. The van der Waals surface area contributed by atoms with Gasteiger partial charge < -0.3 is 36.2 Å². The molecule has 0 radical (unpaired) electrons. The molecular weight excluding hydrogens is 568 g/mol. The lowest BCUT2D eigenvalue weighted by Crippen LogP contribution is -2.61. The summed E-state index contributed by atoms with van der Waals surface area (Å²) in [6, 6.07) is -4.12. The molecule has 1 aliphatic carbocycles. The highest BCUT2D eigenvalue weighted by Crippen LogP contribution is 2.35. The second kappa shape index (κ2) is 14.6. The summed E-state index contributed by atoms with van der Waals surface area (Å²) in [5.74, 6) is -2.49. The molecule has 0 aromatic carbocycles. The number of nitrogens with two attached hydrogens (primary N) is 1. The van der Waals surface area contributed by atoms with Gasteiger partial charge in [0.2, 0.25) is 17.6 Å². The fraction of sp³-hybridized carbons (Fsp3) is 0.806. The van der Waals surface area contributed by atoms with E-state index < -0.39 is 70.6 Å². The van der Waals surface area contributed by atoms with E-state index in [4.69, 9.17) is 10.5 Å². The highest BCUT2D eigenvalue weighted by Gasteiger charge is 2.46. The quantitative estimate of drug-likeness (QED) is 0.240. The Labute approximate surface area is 261 Å². The number of carbonyl (C=O) groups excluding carboxylic acids is 6. The molecule has 5 atom stereocenters. The van der Waals surface area contributed by atoms with Crippen molar-refractivity contribution >= 4 is 35.6 Å². The molecule has 0 bridgehead atoms. The Hall–Kier alpha value is -3.38. The first-order valence-electron chi connectivity index (χ1n) is 15.5. The second-order valence-electron chi connectivity index (χ2n) is 15.0. The summed E-state index contributed by atoms with van der Waals surface area (Å²) in [6.07, 6.45) is 1.99. The van der Waals surface area contributed by atoms with Gasteiger partial charge in [-0.2, -0.15) is 0 Å². The van der Waals surface area contributed by atoms with Gasteiger partial charge in [-0.15, -0.1) is 0 Å². The number of primary amides is 1. The van der Waals surface area contributed by atoms with Crippen LogP contribution in [0.4, 0.5) is 9.59 Å². The van der Waals surface area contributed by atoms with Gasteiger partial charge in [-0.25, -0.2) is 9.59 Å². The maximum Gasteiger partial charge on any atom is 0.409 e. The number of rotatable bonds is 12. The fourth-order valence-electron chi connectivity index (χ4n) is 5.14. The first-order valence-corrected chi connectivity index (χ1v) is 15.5. The minimum atomic E-state index is -1.11. The van der Waals surface area contributed by atoms with Crippen LogP contribution < -0.4 is 21.7 Å². The molecule has 2 aliphatic rings. The topological polar surface area (TPSA) is 180 Å². The van der Waals surface area contributed by atoms with Gasteiger partial charge >= 0.3 is 12.1 Å². The van der Waals surface area contributed by atoms with Gasteiger partial charge in [0.1, 0.15) is 18.7 Å². The average Bonchev–Trinajstić information content (AvgIpc) is 3.59. The predicted molar refractivity (Wildman–Crippen MR) is 165 cm³/mol. The molecule has 1 aliphatic heterocycles. The zero-order valence-corrected chi connectivity index (χ0v) is 28.1. The lowest BCUT2D eigenvalue weighted by Gasteiger charge is -2.37. The van der Waals surface area contributed by atoms with E-state index in [9.17, 15) is 28.8 Å². The molecule has 250 valence electrons. The SMILES string of the molecule is CC(C)[C@@H]1CC(C(=O)NC(CC2CC2)C(=O)C(N)=O)N(C(=O)[C@@H](NC(=O)N[C@H](COC(=O)N(C)C)C(C)(C)C)C(C)(C)C)C1. The van der Waals surface area contributed by atoms with Crippen molar-refractivity contribution < 1.29 is 33.5 Å². The van der Waals surface area contributed by atoms with Gasteiger partial charge in [-0.3, -0.25) is 19.2 Å². The van der Waals surface area contributed by atoms with E-state index in [0.29, 0.717) is 19.4 Å². The molecule has 5 N–H and O–H groups in total. The molecule has 1 heterocycles.